The Morgan fingerprint density at radius 1 is 0.857 bits per heavy atom. The molecule has 0 saturated carbocycles. The molecule has 1 N–H and O–H groups in total. The Morgan fingerprint density at radius 2 is 1.48 bits per heavy atom. The summed E-state index contributed by atoms with van der Waals surface area (Å²) in [4.78, 5) is 0. The fourth-order valence-corrected chi connectivity index (χ4v) is 3.23. The van der Waals surface area contributed by atoms with Crippen molar-refractivity contribution in [2.75, 3.05) is 5.32 Å². The Hall–Kier alpha value is -2.13. The molecule has 2 aromatic carbocycles. The summed E-state index contributed by atoms with van der Waals surface area (Å²) in [5, 5.41) is 14.2. The fraction of sp³-hybridized carbons (Fsp3) is 0.176. The van der Waals surface area contributed by atoms with Crippen LogP contribution in [0.3, 0.4) is 0 Å². The van der Waals surface area contributed by atoms with Crippen molar-refractivity contribution in [2.45, 2.75) is 18.9 Å². The Morgan fingerprint density at radius 3 is 2.19 bits per heavy atom. The van der Waals surface area contributed by atoms with Crippen molar-refractivity contribution in [1.29, 1.82) is 0 Å². The minimum atomic E-state index is 0.362. The van der Waals surface area contributed by atoms with E-state index in [4.69, 9.17) is 11.6 Å². The number of hydrogen-bond donors (Lipinski definition) is 1. The largest absolute Gasteiger partial charge is 0.365 e. The van der Waals surface area contributed by atoms with Gasteiger partial charge >= 0.3 is 0 Å². The summed E-state index contributed by atoms with van der Waals surface area (Å²) in [5.41, 5.74) is 2.84. The lowest BCUT2D eigenvalue weighted by atomic mass is 10.1. The third kappa shape index (κ3) is 2.24. The summed E-state index contributed by atoms with van der Waals surface area (Å²) in [7, 11) is 0. The van der Waals surface area contributed by atoms with Gasteiger partial charge in [0, 0.05) is 16.8 Å². The second kappa shape index (κ2) is 5.01. The third-order valence-corrected chi connectivity index (χ3v) is 4.31. The molecule has 3 nitrogen and oxygen atoms in total. The van der Waals surface area contributed by atoms with Crippen LogP contribution in [-0.4, -0.2) is 16.2 Å². The van der Waals surface area contributed by atoms with E-state index in [2.05, 4.69) is 39.8 Å². The predicted octanol–water partition coefficient (Wildman–Crippen LogP) is 3.86. The van der Waals surface area contributed by atoms with Gasteiger partial charge in [-0.2, -0.15) is 0 Å². The number of fused-ring (bicyclic) bond motifs is 2. The van der Waals surface area contributed by atoms with Crippen LogP contribution in [0.15, 0.2) is 48.5 Å². The van der Waals surface area contributed by atoms with Gasteiger partial charge in [0.15, 0.2) is 11.0 Å². The van der Waals surface area contributed by atoms with Crippen LogP contribution in [0.4, 0.5) is 5.82 Å². The number of rotatable bonds is 2. The quantitative estimate of drug-likeness (QED) is 0.780. The van der Waals surface area contributed by atoms with Gasteiger partial charge in [-0.3, -0.25) is 0 Å². The molecular weight excluding hydrogens is 282 g/mol. The lowest BCUT2D eigenvalue weighted by Gasteiger charge is -2.14. The van der Waals surface area contributed by atoms with Crippen molar-refractivity contribution in [1.82, 2.24) is 10.2 Å². The van der Waals surface area contributed by atoms with Gasteiger partial charge in [0.1, 0.15) is 0 Å². The number of aromatic nitrogens is 2. The van der Waals surface area contributed by atoms with Gasteiger partial charge in [0.05, 0.1) is 0 Å². The summed E-state index contributed by atoms with van der Waals surface area (Å²) < 4.78 is 0. The van der Waals surface area contributed by atoms with Crippen LogP contribution >= 0.6 is 11.6 Å². The first-order chi connectivity index (χ1) is 10.3. The van der Waals surface area contributed by atoms with E-state index in [0.29, 0.717) is 11.2 Å². The maximum atomic E-state index is 6.12. The highest BCUT2D eigenvalue weighted by atomic mass is 35.5. The summed E-state index contributed by atoms with van der Waals surface area (Å²) in [6, 6.07) is 16.9. The van der Waals surface area contributed by atoms with Crippen LogP contribution in [0.2, 0.25) is 5.15 Å². The Kier molecular flexibility index (Phi) is 3.00. The molecule has 0 fully saturated rings. The zero-order valence-electron chi connectivity index (χ0n) is 11.4. The smallest absolute Gasteiger partial charge is 0.159 e. The molecule has 0 amide bonds. The van der Waals surface area contributed by atoms with Crippen LogP contribution < -0.4 is 5.32 Å². The lowest BCUT2D eigenvalue weighted by molar-refractivity contribution is 0.766. The van der Waals surface area contributed by atoms with Gasteiger partial charge < -0.3 is 5.32 Å². The first-order valence-electron chi connectivity index (χ1n) is 7.05. The van der Waals surface area contributed by atoms with Gasteiger partial charge in [-0.15, -0.1) is 10.2 Å². The molecule has 4 rings (SSSR count). The topological polar surface area (TPSA) is 37.8 Å². The molecule has 4 heteroatoms. The summed E-state index contributed by atoms with van der Waals surface area (Å²) in [6.45, 7) is 0. The van der Waals surface area contributed by atoms with Crippen LogP contribution in [0, 0.1) is 0 Å². The van der Waals surface area contributed by atoms with Crippen LogP contribution in [0.1, 0.15) is 11.1 Å². The third-order valence-electron chi connectivity index (χ3n) is 4.03. The van der Waals surface area contributed by atoms with E-state index in [9.17, 15) is 0 Å². The predicted molar refractivity (Wildman–Crippen MR) is 85.8 cm³/mol. The van der Waals surface area contributed by atoms with E-state index >= 15 is 0 Å². The van der Waals surface area contributed by atoms with Crippen molar-refractivity contribution in [3.63, 3.8) is 0 Å². The molecule has 0 saturated heterocycles. The highest BCUT2D eigenvalue weighted by Crippen LogP contribution is 2.29. The normalized spacial score (nSPS) is 14.3. The first kappa shape index (κ1) is 12.6. The molecule has 0 bridgehead atoms. The van der Waals surface area contributed by atoms with Gasteiger partial charge in [0.25, 0.3) is 0 Å². The molecule has 0 spiro atoms. The molecule has 1 aromatic heterocycles. The van der Waals surface area contributed by atoms with Crippen LogP contribution in [0.5, 0.6) is 0 Å². The molecule has 0 atom stereocenters. The SMILES string of the molecule is Clc1nnc(NC2Cc3ccccc3C2)c2ccccc12. The molecule has 0 unspecified atom stereocenters. The molecule has 1 heterocycles. The van der Waals surface area contributed by atoms with Gasteiger partial charge in [0.2, 0.25) is 0 Å². The van der Waals surface area contributed by atoms with E-state index in [-0.39, 0.29) is 0 Å². The maximum absolute atomic E-state index is 6.12. The molecule has 21 heavy (non-hydrogen) atoms. The Labute approximate surface area is 128 Å². The number of nitrogens with one attached hydrogen (secondary N) is 1. The highest BCUT2D eigenvalue weighted by Gasteiger charge is 2.22. The summed E-state index contributed by atoms with van der Waals surface area (Å²) >= 11 is 6.12. The van der Waals surface area contributed by atoms with E-state index in [1.807, 2.05) is 24.3 Å². The van der Waals surface area contributed by atoms with Gasteiger partial charge in [-0.1, -0.05) is 60.1 Å². The zero-order chi connectivity index (χ0) is 14.2. The number of hydrogen-bond acceptors (Lipinski definition) is 3. The molecule has 3 aromatic rings. The van der Waals surface area contributed by atoms with E-state index in [1.54, 1.807) is 0 Å². The first-order valence-corrected chi connectivity index (χ1v) is 7.43. The van der Waals surface area contributed by atoms with Crippen molar-refractivity contribution in [2.24, 2.45) is 0 Å². The van der Waals surface area contributed by atoms with E-state index < -0.39 is 0 Å². The number of benzene rings is 2. The standard InChI is InChI=1S/C17H14ClN3/c18-16-14-7-3-4-8-15(14)17(21-20-16)19-13-9-11-5-1-2-6-12(11)10-13/h1-8,13H,9-10H2,(H,19,21). The minimum absolute atomic E-state index is 0.362. The molecular formula is C17H14ClN3. The van der Waals surface area contributed by atoms with Crippen molar-refractivity contribution >= 4 is 28.2 Å². The molecule has 0 aliphatic heterocycles. The average molecular weight is 296 g/mol. The maximum Gasteiger partial charge on any atom is 0.159 e. The molecule has 1 aliphatic carbocycles. The Bertz CT molecular complexity index is 791. The highest BCUT2D eigenvalue weighted by molar-refractivity contribution is 6.34. The second-order valence-electron chi connectivity index (χ2n) is 5.40. The zero-order valence-corrected chi connectivity index (χ0v) is 12.1. The van der Waals surface area contributed by atoms with Crippen LogP contribution in [-0.2, 0) is 12.8 Å². The second-order valence-corrected chi connectivity index (χ2v) is 5.76. The van der Waals surface area contributed by atoms with E-state index in [1.165, 1.54) is 11.1 Å². The summed E-state index contributed by atoms with van der Waals surface area (Å²) in [5.74, 6) is 0.813. The fourth-order valence-electron chi connectivity index (χ4n) is 3.03. The lowest BCUT2D eigenvalue weighted by Crippen LogP contribution is -2.20. The minimum Gasteiger partial charge on any atom is -0.365 e. The molecule has 1 aliphatic rings. The van der Waals surface area contributed by atoms with Crippen LogP contribution in [0.25, 0.3) is 10.8 Å². The number of nitrogens with zero attached hydrogens (tertiary/aromatic N) is 2. The molecule has 104 valence electrons. The van der Waals surface area contributed by atoms with Gasteiger partial charge in [-0.05, 0) is 24.0 Å². The van der Waals surface area contributed by atoms with E-state index in [0.717, 1.165) is 29.4 Å². The van der Waals surface area contributed by atoms with Crippen molar-refractivity contribution in [3.05, 3.63) is 64.8 Å². The average Bonchev–Trinajstić information content (AvgIpc) is 2.93. The Balaban J connectivity index is 1.66. The van der Waals surface area contributed by atoms with Gasteiger partial charge in [-0.25, -0.2) is 0 Å². The number of anilines is 1. The number of halogens is 1. The summed E-state index contributed by atoms with van der Waals surface area (Å²) in [6.07, 6.45) is 2.05. The monoisotopic (exact) mass is 295 g/mol. The van der Waals surface area contributed by atoms with Crippen molar-refractivity contribution in [3.8, 4) is 0 Å². The molecule has 0 radical (unpaired) electrons. The van der Waals surface area contributed by atoms with Crippen molar-refractivity contribution < 1.29 is 0 Å².